The second-order valence-electron chi connectivity index (χ2n) is 9.27. The largest absolute Gasteiger partial charge is 0.500 e. The van der Waals surface area contributed by atoms with Crippen LogP contribution in [0.1, 0.15) is 25.5 Å². The first-order valence-corrected chi connectivity index (χ1v) is 12.7. The summed E-state index contributed by atoms with van der Waals surface area (Å²) >= 11 is 6.47. The van der Waals surface area contributed by atoms with Gasteiger partial charge in [-0.15, -0.1) is 0 Å². The van der Waals surface area contributed by atoms with Crippen molar-refractivity contribution in [1.29, 1.82) is 0 Å². The molecular weight excluding hydrogens is 480 g/mol. The van der Waals surface area contributed by atoms with Gasteiger partial charge in [0.05, 0.1) is 37.0 Å². The van der Waals surface area contributed by atoms with Gasteiger partial charge in [0.2, 0.25) is 0 Å². The molecule has 2 aliphatic heterocycles. The van der Waals surface area contributed by atoms with Crippen LogP contribution in [-0.4, -0.2) is 73.3 Å². The van der Waals surface area contributed by atoms with Crippen LogP contribution in [0.3, 0.4) is 0 Å². The van der Waals surface area contributed by atoms with E-state index < -0.39 is 6.10 Å². The number of pyridine rings is 1. The number of fused-ring (bicyclic) bond motifs is 1. The minimum absolute atomic E-state index is 0.487. The maximum Gasteiger partial charge on any atom is 0.179 e. The molecule has 0 bridgehead atoms. The molecule has 1 fully saturated rings. The molecule has 1 aromatic rings. The lowest BCUT2D eigenvalue weighted by molar-refractivity contribution is 0.104. The molecule has 3 heterocycles. The predicted molar refractivity (Wildman–Crippen MR) is 141 cm³/mol. The summed E-state index contributed by atoms with van der Waals surface area (Å²) in [6, 6.07) is 1.94. The fraction of sp³-hybridized carbons (Fsp3) is 0.481. The number of hydrogen-bond acceptors (Lipinski definition) is 8. The summed E-state index contributed by atoms with van der Waals surface area (Å²) in [4.78, 5) is 11.2. The monoisotopic (exact) mass is 514 g/mol. The van der Waals surface area contributed by atoms with Crippen LogP contribution in [0, 0.1) is 5.92 Å². The minimum atomic E-state index is -0.749. The zero-order chi connectivity index (χ0) is 25.5. The predicted octanol–water partition coefficient (Wildman–Crippen LogP) is 3.58. The van der Waals surface area contributed by atoms with E-state index in [9.17, 15) is 5.11 Å². The Hall–Kier alpha value is -2.65. The van der Waals surface area contributed by atoms with Gasteiger partial charge in [0.1, 0.15) is 19.0 Å². The van der Waals surface area contributed by atoms with E-state index in [4.69, 9.17) is 25.8 Å². The topological polar surface area (TPSA) is 88.4 Å². The normalized spacial score (nSPS) is 22.8. The first-order chi connectivity index (χ1) is 17.4. The van der Waals surface area contributed by atoms with Gasteiger partial charge >= 0.3 is 0 Å². The summed E-state index contributed by atoms with van der Waals surface area (Å²) in [6.07, 6.45) is 8.42. The number of likely N-dealkylation sites (tertiary alicyclic amines) is 1. The molecule has 1 aromatic heterocycles. The van der Waals surface area contributed by atoms with Gasteiger partial charge in [-0.05, 0) is 50.9 Å². The van der Waals surface area contributed by atoms with Crippen molar-refractivity contribution in [1.82, 2.24) is 15.2 Å². The maximum absolute atomic E-state index is 11.1. The van der Waals surface area contributed by atoms with Gasteiger partial charge in [-0.2, -0.15) is 0 Å². The van der Waals surface area contributed by atoms with E-state index >= 15 is 0 Å². The number of β-amino-alcohol motifs (C(OH)–C–C–N with tert-alkyl or cyclic N) is 1. The summed E-state index contributed by atoms with van der Waals surface area (Å²) in [5.74, 6) is 2.64. The molecule has 4 rings (SSSR count). The van der Waals surface area contributed by atoms with Crippen molar-refractivity contribution in [3.05, 3.63) is 64.8 Å². The molecule has 0 radical (unpaired) electrons. The number of rotatable bonds is 9. The molecule has 3 aliphatic rings. The highest BCUT2D eigenvalue weighted by atomic mass is 35.5. The third kappa shape index (κ3) is 6.76. The van der Waals surface area contributed by atoms with Crippen molar-refractivity contribution in [2.45, 2.75) is 32.4 Å². The highest BCUT2D eigenvalue weighted by Gasteiger charge is 2.27. The second kappa shape index (κ2) is 12.5. The van der Waals surface area contributed by atoms with Crippen LogP contribution in [0.2, 0.25) is 0 Å². The molecule has 1 aliphatic carbocycles. The number of ether oxygens (including phenoxy) is 3. The minimum Gasteiger partial charge on any atom is -0.500 e. The van der Waals surface area contributed by atoms with Crippen molar-refractivity contribution in [2.24, 2.45) is 10.9 Å². The van der Waals surface area contributed by atoms with Crippen LogP contribution in [0.25, 0.3) is 0 Å². The number of piperidine rings is 1. The lowest BCUT2D eigenvalue weighted by Crippen LogP contribution is -2.43. The van der Waals surface area contributed by atoms with Gasteiger partial charge in [0.15, 0.2) is 11.5 Å². The highest BCUT2D eigenvalue weighted by molar-refractivity contribution is 6.34. The molecule has 0 aromatic carbocycles. The Labute approximate surface area is 218 Å². The molecule has 0 saturated carbocycles. The van der Waals surface area contributed by atoms with E-state index in [1.807, 2.05) is 13.0 Å². The smallest absolute Gasteiger partial charge is 0.179 e. The fourth-order valence-electron chi connectivity index (χ4n) is 4.63. The van der Waals surface area contributed by atoms with Crippen LogP contribution in [0.4, 0.5) is 0 Å². The summed E-state index contributed by atoms with van der Waals surface area (Å²) < 4.78 is 16.3. The van der Waals surface area contributed by atoms with Gasteiger partial charge in [0, 0.05) is 41.9 Å². The Morgan fingerprint density at radius 2 is 2.19 bits per heavy atom. The summed E-state index contributed by atoms with van der Waals surface area (Å²) in [5.41, 5.74) is 2.86. The van der Waals surface area contributed by atoms with Crippen molar-refractivity contribution >= 4 is 17.3 Å². The van der Waals surface area contributed by atoms with Gasteiger partial charge in [-0.25, -0.2) is 0 Å². The number of methoxy groups -OCH3 is 1. The second-order valence-corrected chi connectivity index (χ2v) is 9.67. The molecule has 0 amide bonds. The zero-order valence-electron chi connectivity index (χ0n) is 21.0. The van der Waals surface area contributed by atoms with Crippen molar-refractivity contribution < 1.29 is 19.3 Å². The quantitative estimate of drug-likeness (QED) is 0.487. The molecule has 2 N–H and O–H groups in total. The van der Waals surface area contributed by atoms with Crippen molar-refractivity contribution in [2.75, 3.05) is 46.5 Å². The number of aliphatic imine (C=N–C) groups is 1. The van der Waals surface area contributed by atoms with Crippen LogP contribution >= 0.6 is 11.6 Å². The maximum atomic E-state index is 11.1. The average Bonchev–Trinajstić information content (AvgIpc) is 2.88. The van der Waals surface area contributed by atoms with Crippen LogP contribution in [0.15, 0.2) is 64.1 Å². The van der Waals surface area contributed by atoms with E-state index in [2.05, 4.69) is 26.8 Å². The Morgan fingerprint density at radius 1 is 1.39 bits per heavy atom. The fourth-order valence-corrected chi connectivity index (χ4v) is 4.93. The number of aliphatic hydroxyl groups is 1. The Bertz CT molecular complexity index is 1080. The number of aliphatic hydroxyl groups excluding tert-OH is 1. The molecule has 1 saturated heterocycles. The standard InChI is InChI=1S/C27H35ClN4O4/c1-18(34-3)12-31-23-7-6-22(28)27(19(23)2)24(33)17-32-8-4-5-20(16-32)13-29-14-21-11-25-26(15-30-21)36-10-9-35-25/h6-7,11-12,15,20,24,29,33H,2,4-5,8-10,13-14,16-17H2,1,3H3/b18-12+,31-23?. The summed E-state index contributed by atoms with van der Waals surface area (Å²) in [6.45, 7) is 11.0. The van der Waals surface area contributed by atoms with Gasteiger partial charge < -0.3 is 29.5 Å². The third-order valence-corrected chi connectivity index (χ3v) is 6.91. The Balaban J connectivity index is 1.29. The van der Waals surface area contributed by atoms with Gasteiger partial charge in [0.25, 0.3) is 0 Å². The molecule has 8 nitrogen and oxygen atoms in total. The summed E-state index contributed by atoms with van der Waals surface area (Å²) in [7, 11) is 1.60. The lowest BCUT2D eigenvalue weighted by Gasteiger charge is -2.35. The Kier molecular flexibility index (Phi) is 9.20. The average molecular weight is 515 g/mol. The molecular formula is C27H35ClN4O4. The van der Waals surface area contributed by atoms with E-state index in [1.165, 1.54) is 0 Å². The van der Waals surface area contributed by atoms with E-state index in [0.717, 1.165) is 43.9 Å². The van der Waals surface area contributed by atoms with Crippen molar-refractivity contribution in [3.63, 3.8) is 0 Å². The van der Waals surface area contributed by atoms with Gasteiger partial charge in [-0.3, -0.25) is 9.98 Å². The SMILES string of the molecule is C=C1C(=N/C=C(\C)OC)C=CC(Cl)=C1C(O)CN1CCCC(CNCc2cc3c(cn2)OCCO3)C1. The van der Waals surface area contributed by atoms with Gasteiger partial charge in [-0.1, -0.05) is 18.2 Å². The third-order valence-electron chi connectivity index (χ3n) is 6.58. The number of allylic oxidation sites excluding steroid dienone is 4. The van der Waals surface area contributed by atoms with Crippen LogP contribution < -0.4 is 14.8 Å². The number of nitrogens with zero attached hydrogens (tertiary/aromatic N) is 3. The zero-order valence-corrected chi connectivity index (χ0v) is 21.8. The first kappa shape index (κ1) is 26.4. The number of aromatic nitrogens is 1. The molecule has 0 spiro atoms. The van der Waals surface area contributed by atoms with Crippen molar-refractivity contribution in [3.8, 4) is 11.5 Å². The van der Waals surface area contributed by atoms with Crippen LogP contribution in [-0.2, 0) is 11.3 Å². The van der Waals surface area contributed by atoms with E-state index in [-0.39, 0.29) is 0 Å². The molecule has 2 unspecified atom stereocenters. The number of hydrogen-bond donors (Lipinski definition) is 2. The van der Waals surface area contributed by atoms with Crippen LogP contribution in [0.5, 0.6) is 11.5 Å². The summed E-state index contributed by atoms with van der Waals surface area (Å²) in [5, 5.41) is 15.1. The number of nitrogens with one attached hydrogen (secondary N) is 1. The number of halogens is 1. The van der Waals surface area contributed by atoms with E-state index in [0.29, 0.717) is 65.6 Å². The lowest BCUT2D eigenvalue weighted by atomic mass is 9.91. The molecule has 2 atom stereocenters. The molecule has 9 heteroatoms. The molecule has 194 valence electrons. The molecule has 36 heavy (non-hydrogen) atoms. The Morgan fingerprint density at radius 3 is 3.00 bits per heavy atom. The van der Waals surface area contributed by atoms with E-state index in [1.54, 1.807) is 31.7 Å². The highest BCUT2D eigenvalue weighted by Crippen LogP contribution is 2.30. The first-order valence-electron chi connectivity index (χ1n) is 12.4.